The van der Waals surface area contributed by atoms with Crippen molar-refractivity contribution in [3.8, 4) is 11.1 Å². The van der Waals surface area contributed by atoms with Crippen LogP contribution in [0.25, 0.3) is 11.1 Å². The first-order chi connectivity index (χ1) is 10.9. The van der Waals surface area contributed by atoms with E-state index in [2.05, 4.69) is 72.8 Å². The molecule has 106 valence electrons. The van der Waals surface area contributed by atoms with E-state index in [-0.39, 0.29) is 4.08 Å². The summed E-state index contributed by atoms with van der Waals surface area (Å²) in [5.74, 6) is 0. The van der Waals surface area contributed by atoms with Gasteiger partial charge in [0.25, 0.3) is 0 Å². The molecule has 0 N–H and O–H groups in total. The maximum atomic E-state index is 2.30. The highest BCUT2D eigenvalue weighted by Crippen LogP contribution is 2.69. The quantitative estimate of drug-likeness (QED) is 0.435. The zero-order chi connectivity index (χ0) is 14.6. The molecule has 1 heterocycles. The second kappa shape index (κ2) is 4.85. The van der Waals surface area contributed by atoms with Crippen molar-refractivity contribution in [1.82, 2.24) is 0 Å². The smallest absolute Gasteiger partial charge is 0.0964 e. The lowest BCUT2D eigenvalue weighted by atomic mass is 10.1. The fraction of sp³-hybridized carbons (Fsp3) is 0.0526. The molecule has 1 spiro atoms. The van der Waals surface area contributed by atoms with Crippen LogP contribution in [0.1, 0.15) is 11.1 Å². The Kier molecular flexibility index (Phi) is 2.91. The summed E-state index contributed by atoms with van der Waals surface area (Å²) >= 11 is 1.99. The summed E-state index contributed by atoms with van der Waals surface area (Å²) < 4.78 is -0.0216. The van der Waals surface area contributed by atoms with Crippen molar-refractivity contribution in [3.63, 3.8) is 0 Å². The third-order valence-electron chi connectivity index (χ3n) is 4.21. The van der Waals surface area contributed by atoms with Crippen LogP contribution in [0, 0.1) is 0 Å². The SMILES string of the molecule is c1ccc2c(c1)SSC1(S2)c2ccccc2-c2ccccc21. The third-order valence-corrected chi connectivity index (χ3v) is 9.29. The van der Waals surface area contributed by atoms with Crippen LogP contribution in [0.3, 0.4) is 0 Å². The summed E-state index contributed by atoms with van der Waals surface area (Å²) in [6.07, 6.45) is 0. The van der Waals surface area contributed by atoms with Gasteiger partial charge in [0.1, 0.15) is 4.08 Å². The van der Waals surface area contributed by atoms with Gasteiger partial charge in [-0.3, -0.25) is 0 Å². The van der Waals surface area contributed by atoms with Crippen LogP contribution in [0.15, 0.2) is 82.6 Å². The Balaban J connectivity index is 1.79. The lowest BCUT2D eigenvalue weighted by molar-refractivity contribution is 1.11. The average Bonchev–Trinajstić information content (AvgIpc) is 2.86. The molecule has 3 aromatic rings. The topological polar surface area (TPSA) is 0 Å². The van der Waals surface area contributed by atoms with Gasteiger partial charge in [0.15, 0.2) is 0 Å². The summed E-state index contributed by atoms with van der Waals surface area (Å²) in [5.41, 5.74) is 5.65. The van der Waals surface area contributed by atoms with Crippen molar-refractivity contribution in [2.75, 3.05) is 0 Å². The van der Waals surface area contributed by atoms with Gasteiger partial charge in [0.2, 0.25) is 0 Å². The summed E-state index contributed by atoms with van der Waals surface area (Å²) in [6, 6.07) is 26.5. The number of benzene rings is 3. The van der Waals surface area contributed by atoms with E-state index in [4.69, 9.17) is 0 Å². The highest BCUT2D eigenvalue weighted by molar-refractivity contribution is 8.79. The van der Waals surface area contributed by atoms with Crippen LogP contribution in [0.4, 0.5) is 0 Å². The van der Waals surface area contributed by atoms with Gasteiger partial charge >= 0.3 is 0 Å². The molecule has 3 heteroatoms. The molecule has 0 unspecified atom stereocenters. The van der Waals surface area contributed by atoms with Crippen molar-refractivity contribution in [1.29, 1.82) is 0 Å². The Bertz CT molecular complexity index is 840. The van der Waals surface area contributed by atoms with Crippen molar-refractivity contribution in [2.24, 2.45) is 0 Å². The van der Waals surface area contributed by atoms with E-state index in [0.717, 1.165) is 0 Å². The molecule has 0 aromatic heterocycles. The lowest BCUT2D eigenvalue weighted by Crippen LogP contribution is -2.17. The molecule has 5 rings (SSSR count). The van der Waals surface area contributed by atoms with Gasteiger partial charge < -0.3 is 0 Å². The maximum absolute atomic E-state index is 2.30. The Morgan fingerprint density at radius 1 is 0.591 bits per heavy atom. The van der Waals surface area contributed by atoms with E-state index in [0.29, 0.717) is 0 Å². The van der Waals surface area contributed by atoms with E-state index in [9.17, 15) is 0 Å². The highest BCUT2D eigenvalue weighted by atomic mass is 33.1. The van der Waals surface area contributed by atoms with Gasteiger partial charge in [-0.1, -0.05) is 94.0 Å². The molecule has 0 bridgehead atoms. The highest BCUT2D eigenvalue weighted by Gasteiger charge is 2.47. The normalized spacial score (nSPS) is 16.9. The Hall–Kier alpha value is -1.29. The second-order valence-electron chi connectivity index (χ2n) is 5.42. The molecular weight excluding hydrogens is 324 g/mol. The standard InChI is InChI=1S/C19H12S3/c1-3-9-15-13(7-1)14-8-2-4-10-16(14)19(15)20-17-11-5-6-12-18(17)21-22-19/h1-12H. The molecule has 2 aliphatic rings. The third kappa shape index (κ3) is 1.70. The van der Waals surface area contributed by atoms with Crippen LogP contribution in [-0.2, 0) is 4.08 Å². The van der Waals surface area contributed by atoms with Crippen molar-refractivity contribution in [2.45, 2.75) is 13.9 Å². The number of rotatable bonds is 0. The minimum atomic E-state index is -0.0216. The van der Waals surface area contributed by atoms with Gasteiger partial charge in [-0.2, -0.15) is 0 Å². The number of fused-ring (bicyclic) bond motifs is 6. The molecule has 3 aromatic carbocycles. The molecule has 0 saturated carbocycles. The first-order valence-electron chi connectivity index (χ1n) is 7.22. The van der Waals surface area contributed by atoms with E-state index in [1.165, 1.54) is 32.0 Å². The molecule has 0 saturated heterocycles. The van der Waals surface area contributed by atoms with E-state index in [1.807, 2.05) is 33.3 Å². The molecule has 1 aliphatic carbocycles. The first-order valence-corrected chi connectivity index (χ1v) is 10.2. The Morgan fingerprint density at radius 3 is 1.82 bits per heavy atom. The number of thioether (sulfide) groups is 1. The molecule has 1 aliphatic heterocycles. The monoisotopic (exact) mass is 336 g/mol. The minimum absolute atomic E-state index is 0.0216. The molecular formula is C19H12S3. The summed E-state index contributed by atoms with van der Waals surface area (Å²) in [4.78, 5) is 2.77. The van der Waals surface area contributed by atoms with E-state index in [1.54, 1.807) is 0 Å². The second-order valence-corrected chi connectivity index (χ2v) is 9.32. The van der Waals surface area contributed by atoms with Crippen LogP contribution < -0.4 is 0 Å². The Morgan fingerprint density at radius 2 is 1.14 bits per heavy atom. The molecule has 0 radical (unpaired) electrons. The number of hydrogen-bond donors (Lipinski definition) is 0. The largest absolute Gasteiger partial charge is 0.127 e. The zero-order valence-electron chi connectivity index (χ0n) is 11.7. The van der Waals surface area contributed by atoms with Crippen molar-refractivity contribution >= 4 is 33.3 Å². The summed E-state index contributed by atoms with van der Waals surface area (Å²) in [7, 11) is 3.89. The Labute approximate surface area is 142 Å². The summed E-state index contributed by atoms with van der Waals surface area (Å²) in [6.45, 7) is 0. The van der Waals surface area contributed by atoms with Gasteiger partial charge in [0.05, 0.1) is 0 Å². The fourth-order valence-corrected chi connectivity index (χ4v) is 8.48. The zero-order valence-corrected chi connectivity index (χ0v) is 14.1. The van der Waals surface area contributed by atoms with E-state index < -0.39 is 0 Å². The molecule has 0 atom stereocenters. The fourth-order valence-electron chi connectivity index (χ4n) is 3.23. The maximum Gasteiger partial charge on any atom is 0.127 e. The minimum Gasteiger partial charge on any atom is -0.0964 e. The average molecular weight is 337 g/mol. The van der Waals surface area contributed by atoms with Crippen LogP contribution >= 0.6 is 33.3 Å². The van der Waals surface area contributed by atoms with Crippen LogP contribution in [0.5, 0.6) is 0 Å². The molecule has 22 heavy (non-hydrogen) atoms. The van der Waals surface area contributed by atoms with Crippen LogP contribution in [0.2, 0.25) is 0 Å². The number of hydrogen-bond acceptors (Lipinski definition) is 3. The molecule has 0 fully saturated rings. The predicted molar refractivity (Wildman–Crippen MR) is 98.4 cm³/mol. The van der Waals surface area contributed by atoms with Gasteiger partial charge in [0, 0.05) is 9.79 Å². The van der Waals surface area contributed by atoms with Crippen molar-refractivity contribution in [3.05, 3.63) is 83.9 Å². The summed E-state index contributed by atoms with van der Waals surface area (Å²) in [5, 5.41) is 0. The van der Waals surface area contributed by atoms with Gasteiger partial charge in [-0.15, -0.1) is 0 Å². The van der Waals surface area contributed by atoms with Crippen molar-refractivity contribution < 1.29 is 0 Å². The first kappa shape index (κ1) is 13.2. The predicted octanol–water partition coefficient (Wildman–Crippen LogP) is 6.41. The van der Waals surface area contributed by atoms with Crippen LogP contribution in [-0.4, -0.2) is 0 Å². The van der Waals surface area contributed by atoms with Gasteiger partial charge in [-0.05, 0) is 34.4 Å². The van der Waals surface area contributed by atoms with Gasteiger partial charge in [-0.25, -0.2) is 0 Å². The molecule has 0 amide bonds. The lowest BCUT2D eigenvalue weighted by Gasteiger charge is -2.34. The van der Waals surface area contributed by atoms with E-state index >= 15 is 0 Å². The molecule has 0 nitrogen and oxygen atoms in total.